The van der Waals surface area contributed by atoms with E-state index in [0.29, 0.717) is 12.3 Å². The third kappa shape index (κ3) is 2.73. The molecule has 2 fully saturated rings. The van der Waals surface area contributed by atoms with Crippen LogP contribution in [0.15, 0.2) is 42.7 Å². The van der Waals surface area contributed by atoms with Crippen LogP contribution in [0.4, 0.5) is 11.5 Å². The van der Waals surface area contributed by atoms with Crippen molar-refractivity contribution in [3.8, 4) is 0 Å². The Morgan fingerprint density at radius 2 is 2.12 bits per heavy atom. The van der Waals surface area contributed by atoms with E-state index in [1.807, 2.05) is 22.8 Å². The van der Waals surface area contributed by atoms with Crippen LogP contribution < -0.4 is 10.6 Å². The number of rotatable bonds is 4. The second-order valence-corrected chi connectivity index (χ2v) is 6.86. The topological polar surface area (TPSA) is 71.3 Å². The van der Waals surface area contributed by atoms with E-state index in [1.165, 1.54) is 12.8 Å². The van der Waals surface area contributed by atoms with Gasteiger partial charge in [0.2, 0.25) is 5.91 Å². The molecule has 2 aromatic heterocycles. The molecule has 25 heavy (non-hydrogen) atoms. The molecule has 5 rings (SSSR count). The van der Waals surface area contributed by atoms with E-state index in [9.17, 15) is 4.79 Å². The summed E-state index contributed by atoms with van der Waals surface area (Å²) in [4.78, 5) is 16.0. The molecular weight excluding hydrogens is 314 g/mol. The van der Waals surface area contributed by atoms with Gasteiger partial charge in [-0.2, -0.15) is 5.10 Å². The van der Waals surface area contributed by atoms with Crippen LogP contribution in [0.5, 0.6) is 0 Å². The molecule has 0 radical (unpaired) electrons. The number of fused-ring (bicyclic) bond motifs is 1. The highest BCUT2D eigenvalue weighted by atomic mass is 16.1. The van der Waals surface area contributed by atoms with Crippen molar-refractivity contribution < 1.29 is 4.79 Å². The maximum absolute atomic E-state index is 11.5. The molecule has 3 aromatic rings. The number of carbonyl (C=O) groups is 1. The molecule has 2 aliphatic rings. The highest BCUT2D eigenvalue weighted by Crippen LogP contribution is 2.40. The summed E-state index contributed by atoms with van der Waals surface area (Å²) >= 11 is 0. The second kappa shape index (κ2) is 5.58. The third-order valence-electron chi connectivity index (χ3n) is 4.95. The van der Waals surface area contributed by atoms with E-state index in [2.05, 4.69) is 38.9 Å². The van der Waals surface area contributed by atoms with Gasteiger partial charge in [0.1, 0.15) is 5.52 Å². The number of anilines is 2. The minimum atomic E-state index is 0.106. The number of carbonyl (C=O) groups excluding carboxylic acids is 1. The van der Waals surface area contributed by atoms with E-state index in [0.717, 1.165) is 34.7 Å². The smallest absolute Gasteiger partial charge is 0.220 e. The van der Waals surface area contributed by atoms with Crippen molar-refractivity contribution in [1.29, 1.82) is 0 Å². The summed E-state index contributed by atoms with van der Waals surface area (Å²) < 4.78 is 1.89. The van der Waals surface area contributed by atoms with Crippen molar-refractivity contribution in [2.24, 2.45) is 0 Å². The Hall–Kier alpha value is -2.89. The molecule has 0 bridgehead atoms. The Kier molecular flexibility index (Phi) is 3.23. The van der Waals surface area contributed by atoms with Gasteiger partial charge < -0.3 is 10.6 Å². The largest absolute Gasteiger partial charge is 0.349 e. The first-order valence-corrected chi connectivity index (χ1v) is 8.77. The lowest BCUT2D eigenvalue weighted by molar-refractivity contribution is -0.119. The standard InChI is InChI=1S/C19H19N5O/c25-18-7-6-15(22-18)13-2-1-3-14(10-13)21-19-17-11-16(12-4-5-12)23-24(17)9-8-20-19/h1-3,8-12,15H,4-7H2,(H,20,21)(H,22,25). The van der Waals surface area contributed by atoms with Crippen molar-refractivity contribution in [2.75, 3.05) is 5.32 Å². The molecule has 6 heteroatoms. The summed E-state index contributed by atoms with van der Waals surface area (Å²) in [6.45, 7) is 0. The predicted octanol–water partition coefficient (Wildman–Crippen LogP) is 3.30. The number of benzene rings is 1. The van der Waals surface area contributed by atoms with Gasteiger partial charge in [-0.3, -0.25) is 4.79 Å². The molecule has 126 valence electrons. The van der Waals surface area contributed by atoms with E-state index >= 15 is 0 Å². The van der Waals surface area contributed by atoms with E-state index in [1.54, 1.807) is 6.20 Å². The Bertz CT molecular complexity index is 959. The molecule has 1 saturated carbocycles. The molecule has 1 atom stereocenters. The molecule has 1 aliphatic heterocycles. The van der Waals surface area contributed by atoms with Gasteiger partial charge in [0.05, 0.1) is 11.7 Å². The number of aromatic nitrogens is 3. The zero-order valence-corrected chi connectivity index (χ0v) is 13.8. The third-order valence-corrected chi connectivity index (χ3v) is 4.95. The monoisotopic (exact) mass is 333 g/mol. The van der Waals surface area contributed by atoms with Gasteiger partial charge in [-0.1, -0.05) is 12.1 Å². The van der Waals surface area contributed by atoms with Crippen LogP contribution in [0, 0.1) is 0 Å². The molecule has 3 heterocycles. The molecule has 1 aliphatic carbocycles. The van der Waals surface area contributed by atoms with Crippen molar-refractivity contribution in [3.05, 3.63) is 54.0 Å². The van der Waals surface area contributed by atoms with Gasteiger partial charge >= 0.3 is 0 Å². The van der Waals surface area contributed by atoms with Crippen LogP contribution in [0.25, 0.3) is 5.52 Å². The molecule has 1 aromatic carbocycles. The highest BCUT2D eigenvalue weighted by molar-refractivity contribution is 5.79. The maximum Gasteiger partial charge on any atom is 0.220 e. The molecular formula is C19H19N5O. The summed E-state index contributed by atoms with van der Waals surface area (Å²) in [6, 6.07) is 10.4. The van der Waals surface area contributed by atoms with Gasteiger partial charge in [0.25, 0.3) is 0 Å². The lowest BCUT2D eigenvalue weighted by Gasteiger charge is -2.13. The average molecular weight is 333 g/mol. The van der Waals surface area contributed by atoms with Crippen LogP contribution in [0.1, 0.15) is 48.9 Å². The molecule has 1 unspecified atom stereocenters. The molecule has 2 N–H and O–H groups in total. The van der Waals surface area contributed by atoms with Crippen molar-refractivity contribution in [1.82, 2.24) is 19.9 Å². The summed E-state index contributed by atoms with van der Waals surface area (Å²) in [7, 11) is 0. The number of nitrogens with zero attached hydrogens (tertiary/aromatic N) is 3. The van der Waals surface area contributed by atoms with Crippen molar-refractivity contribution in [3.63, 3.8) is 0 Å². The minimum Gasteiger partial charge on any atom is -0.349 e. The second-order valence-electron chi connectivity index (χ2n) is 6.86. The predicted molar refractivity (Wildman–Crippen MR) is 94.8 cm³/mol. The van der Waals surface area contributed by atoms with E-state index in [4.69, 9.17) is 0 Å². The lowest BCUT2D eigenvalue weighted by atomic mass is 10.0. The number of hydrogen-bond acceptors (Lipinski definition) is 4. The zero-order chi connectivity index (χ0) is 16.8. The summed E-state index contributed by atoms with van der Waals surface area (Å²) in [5.74, 6) is 1.54. The molecule has 0 spiro atoms. The maximum atomic E-state index is 11.5. The Morgan fingerprint density at radius 1 is 1.20 bits per heavy atom. The van der Waals surface area contributed by atoms with Gasteiger partial charge in [-0.25, -0.2) is 9.50 Å². The summed E-state index contributed by atoms with van der Waals surface area (Å²) in [6.07, 6.45) is 7.56. The molecule has 1 saturated heterocycles. The van der Waals surface area contributed by atoms with E-state index < -0.39 is 0 Å². The quantitative estimate of drug-likeness (QED) is 0.768. The van der Waals surface area contributed by atoms with Gasteiger partial charge in [-0.05, 0) is 43.0 Å². The Labute approximate surface area is 145 Å². The summed E-state index contributed by atoms with van der Waals surface area (Å²) in [5.41, 5.74) is 4.23. The van der Waals surface area contributed by atoms with Crippen molar-refractivity contribution >= 4 is 22.9 Å². The average Bonchev–Trinajstić information content (AvgIpc) is 3.23. The fraction of sp³-hybridized carbons (Fsp3) is 0.316. The number of nitrogens with one attached hydrogen (secondary N) is 2. The Morgan fingerprint density at radius 3 is 2.92 bits per heavy atom. The zero-order valence-electron chi connectivity index (χ0n) is 13.8. The van der Waals surface area contributed by atoms with Crippen LogP contribution in [-0.4, -0.2) is 20.5 Å². The van der Waals surface area contributed by atoms with Crippen LogP contribution in [0.3, 0.4) is 0 Å². The number of amides is 1. The van der Waals surface area contributed by atoms with Gasteiger partial charge in [0.15, 0.2) is 5.82 Å². The van der Waals surface area contributed by atoms with Gasteiger partial charge in [-0.15, -0.1) is 0 Å². The summed E-state index contributed by atoms with van der Waals surface area (Å²) in [5, 5.41) is 11.1. The highest BCUT2D eigenvalue weighted by Gasteiger charge is 2.27. The van der Waals surface area contributed by atoms with E-state index in [-0.39, 0.29) is 11.9 Å². The SMILES string of the molecule is O=C1CCC(c2cccc(Nc3nccn4nc(C5CC5)cc34)c2)N1. The lowest BCUT2D eigenvalue weighted by Crippen LogP contribution is -2.18. The fourth-order valence-corrected chi connectivity index (χ4v) is 3.45. The molecule has 6 nitrogen and oxygen atoms in total. The Balaban J connectivity index is 1.45. The normalized spacial score (nSPS) is 20.0. The fourth-order valence-electron chi connectivity index (χ4n) is 3.45. The van der Waals surface area contributed by atoms with Crippen LogP contribution in [0.2, 0.25) is 0 Å². The first-order valence-electron chi connectivity index (χ1n) is 8.77. The van der Waals surface area contributed by atoms with Gasteiger partial charge in [0, 0.05) is 30.4 Å². The van der Waals surface area contributed by atoms with Crippen LogP contribution >= 0.6 is 0 Å². The van der Waals surface area contributed by atoms with Crippen molar-refractivity contribution in [2.45, 2.75) is 37.6 Å². The minimum absolute atomic E-state index is 0.106. The number of hydrogen-bond donors (Lipinski definition) is 2. The first-order chi connectivity index (χ1) is 12.3. The molecule has 1 amide bonds. The first kappa shape index (κ1) is 14.5. The van der Waals surface area contributed by atoms with Crippen LogP contribution in [-0.2, 0) is 4.79 Å².